The smallest absolute Gasteiger partial charge is 0.134 e. The Morgan fingerprint density at radius 1 is 0.429 bits per heavy atom. The van der Waals surface area contributed by atoms with Gasteiger partial charge in [0.15, 0.2) is 0 Å². The summed E-state index contributed by atoms with van der Waals surface area (Å²) in [5.41, 5.74) is 14.6. The van der Waals surface area contributed by atoms with Gasteiger partial charge in [0.05, 0.1) is 5.41 Å². The van der Waals surface area contributed by atoms with E-state index in [-0.39, 0.29) is 5.41 Å². The molecule has 2 aliphatic carbocycles. The average molecular weight is 540 g/mol. The van der Waals surface area contributed by atoms with Crippen molar-refractivity contribution in [2.24, 2.45) is 0 Å². The molecule has 0 radical (unpaired) electrons. The van der Waals surface area contributed by atoms with Gasteiger partial charge in [-0.15, -0.1) is 0 Å². The van der Waals surface area contributed by atoms with Crippen LogP contribution in [-0.2, 0) is 10.8 Å². The van der Waals surface area contributed by atoms with Crippen molar-refractivity contribution in [3.8, 4) is 33.8 Å². The van der Waals surface area contributed by atoms with Crippen molar-refractivity contribution in [1.82, 2.24) is 0 Å². The summed E-state index contributed by atoms with van der Waals surface area (Å²) in [5.74, 6) is 1.80. The molecule has 0 saturated heterocycles. The lowest BCUT2D eigenvalue weighted by Gasteiger charge is -2.39. The van der Waals surface area contributed by atoms with E-state index in [9.17, 15) is 0 Å². The average Bonchev–Trinajstić information content (AvgIpc) is 3.44. The van der Waals surface area contributed by atoms with Crippen molar-refractivity contribution in [3.05, 3.63) is 167 Å². The second-order valence-electron chi connectivity index (χ2n) is 12.2. The summed E-state index contributed by atoms with van der Waals surface area (Å²) in [7, 11) is 0. The van der Waals surface area contributed by atoms with Crippen molar-refractivity contribution >= 4 is 11.4 Å². The fourth-order valence-corrected chi connectivity index (χ4v) is 7.89. The molecular formula is C40H29NO. The van der Waals surface area contributed by atoms with E-state index in [1.807, 2.05) is 0 Å². The highest BCUT2D eigenvalue weighted by molar-refractivity contribution is 5.89. The number of ether oxygens (including phenoxy) is 1. The first-order chi connectivity index (χ1) is 20.6. The molecule has 6 aromatic carbocycles. The van der Waals surface area contributed by atoms with Gasteiger partial charge < -0.3 is 10.1 Å². The number of hydrogen-bond acceptors (Lipinski definition) is 2. The highest BCUT2D eigenvalue weighted by Gasteiger charge is 2.50. The van der Waals surface area contributed by atoms with Crippen LogP contribution in [0.5, 0.6) is 11.5 Å². The number of nitrogens with one attached hydrogen (secondary N) is 1. The first-order valence-electron chi connectivity index (χ1n) is 14.7. The Hall–Kier alpha value is -5.08. The van der Waals surface area contributed by atoms with E-state index < -0.39 is 5.41 Å². The normalized spacial score (nSPS) is 15.5. The molecule has 9 rings (SSSR count). The van der Waals surface area contributed by atoms with E-state index in [2.05, 4.69) is 153 Å². The molecule has 1 spiro atoms. The summed E-state index contributed by atoms with van der Waals surface area (Å²) >= 11 is 0. The van der Waals surface area contributed by atoms with Crippen LogP contribution in [0.1, 0.15) is 47.2 Å². The molecule has 0 amide bonds. The molecule has 1 aliphatic heterocycles. The monoisotopic (exact) mass is 539 g/mol. The largest absolute Gasteiger partial charge is 0.457 e. The molecule has 42 heavy (non-hydrogen) atoms. The lowest BCUT2D eigenvalue weighted by Crippen LogP contribution is -2.32. The topological polar surface area (TPSA) is 21.3 Å². The Kier molecular flexibility index (Phi) is 4.63. The SMILES string of the molecule is CC1(C)c2ccccc2-c2ccc(Nc3ccc4c(c3)Oc3ccccc3C43c4ccccc4-c4ccccc43)cc21. The number of fused-ring (bicyclic) bond motifs is 12. The maximum atomic E-state index is 6.68. The van der Waals surface area contributed by atoms with E-state index in [1.54, 1.807) is 0 Å². The molecular weight excluding hydrogens is 510 g/mol. The number of para-hydroxylation sites is 1. The minimum atomic E-state index is -0.431. The summed E-state index contributed by atoms with van der Waals surface area (Å²) in [6.07, 6.45) is 0. The molecule has 0 fully saturated rings. The van der Waals surface area contributed by atoms with E-state index in [1.165, 1.54) is 55.6 Å². The first-order valence-corrected chi connectivity index (χ1v) is 14.7. The number of hydrogen-bond donors (Lipinski definition) is 1. The lowest BCUT2D eigenvalue weighted by molar-refractivity contribution is 0.436. The number of anilines is 2. The second kappa shape index (κ2) is 8.24. The maximum Gasteiger partial charge on any atom is 0.134 e. The van der Waals surface area contributed by atoms with Crippen molar-refractivity contribution in [3.63, 3.8) is 0 Å². The van der Waals surface area contributed by atoms with Crippen LogP contribution in [-0.4, -0.2) is 0 Å². The maximum absolute atomic E-state index is 6.68. The van der Waals surface area contributed by atoms with Gasteiger partial charge >= 0.3 is 0 Å². The van der Waals surface area contributed by atoms with Crippen LogP contribution < -0.4 is 10.1 Å². The van der Waals surface area contributed by atoms with Crippen LogP contribution in [0.15, 0.2) is 133 Å². The summed E-state index contributed by atoms with van der Waals surface area (Å²) in [5, 5.41) is 3.71. The minimum Gasteiger partial charge on any atom is -0.457 e. The van der Waals surface area contributed by atoms with Gasteiger partial charge in [-0.2, -0.15) is 0 Å². The van der Waals surface area contributed by atoms with Crippen molar-refractivity contribution < 1.29 is 4.74 Å². The minimum absolute atomic E-state index is 0.0398. The number of benzene rings is 6. The summed E-state index contributed by atoms with van der Waals surface area (Å²) < 4.78 is 6.68. The molecule has 0 saturated carbocycles. The van der Waals surface area contributed by atoms with E-state index >= 15 is 0 Å². The molecule has 0 atom stereocenters. The highest BCUT2D eigenvalue weighted by Crippen LogP contribution is 2.62. The molecule has 1 heterocycles. The zero-order valence-electron chi connectivity index (χ0n) is 23.6. The predicted molar refractivity (Wildman–Crippen MR) is 171 cm³/mol. The van der Waals surface area contributed by atoms with Crippen LogP contribution in [0, 0.1) is 0 Å². The van der Waals surface area contributed by atoms with Crippen LogP contribution in [0.3, 0.4) is 0 Å². The molecule has 0 bridgehead atoms. The van der Waals surface area contributed by atoms with Crippen molar-refractivity contribution in [2.75, 3.05) is 5.32 Å². The van der Waals surface area contributed by atoms with E-state index in [0.717, 1.165) is 22.9 Å². The Balaban J connectivity index is 1.19. The summed E-state index contributed by atoms with van der Waals surface area (Å²) in [6, 6.07) is 48.4. The van der Waals surface area contributed by atoms with Crippen LogP contribution in [0.25, 0.3) is 22.3 Å². The van der Waals surface area contributed by atoms with Gasteiger partial charge in [-0.1, -0.05) is 117 Å². The van der Waals surface area contributed by atoms with E-state index in [0.29, 0.717) is 0 Å². The quantitative estimate of drug-likeness (QED) is 0.236. The third kappa shape index (κ3) is 2.94. The Morgan fingerprint density at radius 2 is 0.929 bits per heavy atom. The van der Waals surface area contributed by atoms with E-state index in [4.69, 9.17) is 4.74 Å². The molecule has 0 unspecified atom stereocenters. The highest BCUT2D eigenvalue weighted by atomic mass is 16.5. The summed E-state index contributed by atoms with van der Waals surface area (Å²) in [6.45, 7) is 4.64. The van der Waals surface area contributed by atoms with Gasteiger partial charge in [-0.3, -0.25) is 0 Å². The standard InChI is InChI=1S/C40H29NO/c1-39(2)31-14-6-3-11-27(31)30-21-19-25(23-36(30)39)41-26-20-22-35-38(24-26)42-37-18-10-9-17-34(37)40(35)32-15-7-4-12-28(32)29-13-5-8-16-33(29)40/h3-24,41H,1-2H3. The third-order valence-electron chi connectivity index (χ3n) is 9.72. The molecule has 200 valence electrons. The summed E-state index contributed by atoms with van der Waals surface area (Å²) in [4.78, 5) is 0. The number of rotatable bonds is 2. The van der Waals surface area contributed by atoms with Gasteiger partial charge in [0, 0.05) is 34.0 Å². The Labute approximate surface area is 246 Å². The van der Waals surface area contributed by atoms with Crippen LogP contribution in [0.4, 0.5) is 11.4 Å². The third-order valence-corrected chi connectivity index (χ3v) is 9.72. The molecule has 2 heteroatoms. The predicted octanol–water partition coefficient (Wildman–Crippen LogP) is 10.2. The Morgan fingerprint density at radius 3 is 1.64 bits per heavy atom. The zero-order chi connectivity index (χ0) is 28.1. The second-order valence-corrected chi connectivity index (χ2v) is 12.2. The fraction of sp³-hybridized carbons (Fsp3) is 0.100. The Bertz CT molecular complexity index is 2040. The molecule has 0 aromatic heterocycles. The molecule has 6 aromatic rings. The van der Waals surface area contributed by atoms with Crippen LogP contribution >= 0.6 is 0 Å². The molecule has 2 nitrogen and oxygen atoms in total. The van der Waals surface area contributed by atoms with Crippen molar-refractivity contribution in [1.29, 1.82) is 0 Å². The fourth-order valence-electron chi connectivity index (χ4n) is 7.89. The molecule has 3 aliphatic rings. The van der Waals surface area contributed by atoms with Gasteiger partial charge in [-0.25, -0.2) is 0 Å². The van der Waals surface area contributed by atoms with Gasteiger partial charge in [0.25, 0.3) is 0 Å². The first kappa shape index (κ1) is 23.6. The lowest BCUT2D eigenvalue weighted by atomic mass is 9.66. The van der Waals surface area contributed by atoms with Crippen molar-refractivity contribution in [2.45, 2.75) is 24.7 Å². The van der Waals surface area contributed by atoms with Crippen LogP contribution in [0.2, 0.25) is 0 Å². The zero-order valence-corrected chi connectivity index (χ0v) is 23.6. The van der Waals surface area contributed by atoms with Gasteiger partial charge in [-0.05, 0) is 68.8 Å². The van der Waals surface area contributed by atoms with Gasteiger partial charge in [0.2, 0.25) is 0 Å². The van der Waals surface area contributed by atoms with Gasteiger partial charge in [0.1, 0.15) is 11.5 Å². The molecule has 1 N–H and O–H groups in total.